The highest BCUT2D eigenvalue weighted by Gasteiger charge is 2.11. The van der Waals surface area contributed by atoms with Crippen LogP contribution < -0.4 is 4.74 Å². The van der Waals surface area contributed by atoms with Gasteiger partial charge in [0.25, 0.3) is 0 Å². The molecule has 0 aliphatic heterocycles. The molecule has 0 radical (unpaired) electrons. The molecule has 0 saturated heterocycles. The Bertz CT molecular complexity index is 916. The Labute approximate surface area is 194 Å². The van der Waals surface area contributed by atoms with Crippen LogP contribution in [0.2, 0.25) is 0 Å². The Kier molecular flexibility index (Phi) is 9.75. The molecule has 6 nitrogen and oxygen atoms in total. The van der Waals surface area contributed by atoms with Crippen molar-refractivity contribution in [2.24, 2.45) is 0 Å². The maximum Gasteiger partial charge on any atom is 0.330 e. The molecule has 0 fully saturated rings. The highest BCUT2D eigenvalue weighted by Crippen LogP contribution is 2.30. The van der Waals surface area contributed by atoms with Gasteiger partial charge in [0.2, 0.25) is 0 Å². The first-order valence-electron chi connectivity index (χ1n) is 9.44. The molecule has 31 heavy (non-hydrogen) atoms. The minimum absolute atomic E-state index is 0.297. The third-order valence-corrected chi connectivity index (χ3v) is 6.23. The summed E-state index contributed by atoms with van der Waals surface area (Å²) >= 11 is 4.55. The van der Waals surface area contributed by atoms with E-state index in [9.17, 15) is 4.79 Å². The molecule has 3 rings (SSSR count). The van der Waals surface area contributed by atoms with Crippen LogP contribution in [0.25, 0.3) is 0 Å². The van der Waals surface area contributed by atoms with Gasteiger partial charge in [0.15, 0.2) is 10.3 Å². The van der Waals surface area contributed by atoms with Gasteiger partial charge in [-0.2, -0.15) is 26.7 Å². The van der Waals surface area contributed by atoms with Crippen molar-refractivity contribution in [1.82, 2.24) is 15.0 Å². The first-order chi connectivity index (χ1) is 15.2. The third kappa shape index (κ3) is 8.64. The van der Waals surface area contributed by atoms with Gasteiger partial charge >= 0.3 is 12.0 Å². The number of aromatic nitrogens is 3. The molecule has 0 unspecified atom stereocenters. The summed E-state index contributed by atoms with van der Waals surface area (Å²) in [6.45, 7) is 4.15. The lowest BCUT2D eigenvalue weighted by molar-refractivity contribution is -0.137. The van der Waals surface area contributed by atoms with E-state index in [4.69, 9.17) is 9.47 Å². The summed E-state index contributed by atoms with van der Waals surface area (Å²) in [4.78, 5) is 26.6. The second-order valence-electron chi connectivity index (χ2n) is 5.85. The van der Waals surface area contributed by atoms with Gasteiger partial charge in [0, 0.05) is 27.4 Å². The Hall–Kier alpha value is -2.49. The summed E-state index contributed by atoms with van der Waals surface area (Å²) in [6, 6.07) is 20.2. The van der Waals surface area contributed by atoms with Crippen molar-refractivity contribution in [3.8, 4) is 6.01 Å². The SMILES string of the molecule is C=CC(=O)OCCSCCOc1nc(Sc2ccccc2)nc(Sc2ccccc2)n1. The Morgan fingerprint density at radius 3 is 1.94 bits per heavy atom. The lowest BCUT2D eigenvalue weighted by Gasteiger charge is -2.08. The van der Waals surface area contributed by atoms with E-state index in [0.717, 1.165) is 21.6 Å². The summed E-state index contributed by atoms with van der Waals surface area (Å²) in [7, 11) is 0. The molecule has 0 saturated carbocycles. The van der Waals surface area contributed by atoms with Gasteiger partial charge < -0.3 is 9.47 Å². The number of nitrogens with zero attached hydrogens (tertiary/aromatic N) is 3. The summed E-state index contributed by atoms with van der Waals surface area (Å²) in [5, 5.41) is 1.16. The zero-order valence-electron chi connectivity index (χ0n) is 16.7. The number of ether oxygens (including phenoxy) is 2. The van der Waals surface area contributed by atoms with E-state index >= 15 is 0 Å². The van der Waals surface area contributed by atoms with E-state index in [1.807, 2.05) is 60.7 Å². The molecule has 0 aliphatic carbocycles. The molecule has 1 aromatic heterocycles. The fraction of sp³-hybridized carbons (Fsp3) is 0.182. The van der Waals surface area contributed by atoms with E-state index in [-0.39, 0.29) is 0 Å². The second-order valence-corrected chi connectivity index (χ2v) is 9.15. The summed E-state index contributed by atoms with van der Waals surface area (Å²) < 4.78 is 10.7. The van der Waals surface area contributed by atoms with Crippen LogP contribution in [0.5, 0.6) is 6.01 Å². The average Bonchev–Trinajstić information content (AvgIpc) is 2.79. The van der Waals surface area contributed by atoms with Crippen LogP contribution in [-0.2, 0) is 9.53 Å². The smallest absolute Gasteiger partial charge is 0.330 e. The lowest BCUT2D eigenvalue weighted by Crippen LogP contribution is -2.08. The molecule has 0 atom stereocenters. The molecule has 2 aromatic carbocycles. The first kappa shape index (κ1) is 23.2. The predicted octanol–water partition coefficient (Wildman–Crippen LogP) is 5.02. The molecular weight excluding hydrogens is 450 g/mol. The van der Waals surface area contributed by atoms with Crippen LogP contribution in [-0.4, -0.2) is 45.6 Å². The molecule has 0 aliphatic rings. The molecule has 0 amide bonds. The monoisotopic (exact) mass is 471 g/mol. The fourth-order valence-corrected chi connectivity index (χ4v) is 4.40. The van der Waals surface area contributed by atoms with Crippen molar-refractivity contribution < 1.29 is 14.3 Å². The van der Waals surface area contributed by atoms with Crippen LogP contribution in [0.1, 0.15) is 0 Å². The van der Waals surface area contributed by atoms with E-state index in [1.165, 1.54) is 23.5 Å². The Balaban J connectivity index is 1.59. The van der Waals surface area contributed by atoms with Crippen LogP contribution >= 0.6 is 35.3 Å². The number of benzene rings is 2. The minimum atomic E-state index is -0.408. The standard InChI is InChI=1S/C22H21N3O3S3/c1-2-19(26)27-13-15-29-16-14-28-20-23-21(30-17-9-5-3-6-10-17)25-22(24-20)31-18-11-7-4-8-12-18/h2-12H,1,13-16H2. The predicted molar refractivity (Wildman–Crippen MR) is 125 cm³/mol. The molecule has 0 N–H and O–H groups in total. The van der Waals surface area contributed by atoms with Crippen LogP contribution in [0, 0.1) is 0 Å². The molecule has 0 spiro atoms. The molecule has 1 heterocycles. The Morgan fingerprint density at radius 1 is 0.839 bits per heavy atom. The van der Waals surface area contributed by atoms with Gasteiger partial charge in [-0.25, -0.2) is 4.79 Å². The molecular formula is C22H21N3O3S3. The van der Waals surface area contributed by atoms with E-state index in [1.54, 1.807) is 11.8 Å². The van der Waals surface area contributed by atoms with Crippen LogP contribution in [0.4, 0.5) is 0 Å². The molecule has 160 valence electrons. The normalized spacial score (nSPS) is 10.5. The maximum atomic E-state index is 11.0. The van der Waals surface area contributed by atoms with Gasteiger partial charge in [0.1, 0.15) is 13.2 Å². The summed E-state index contributed by atoms with van der Waals surface area (Å²) in [5.74, 6) is 0.998. The third-order valence-electron chi connectivity index (χ3n) is 3.58. The zero-order chi connectivity index (χ0) is 21.7. The van der Waals surface area contributed by atoms with Crippen molar-refractivity contribution in [3.63, 3.8) is 0 Å². The number of hydrogen-bond donors (Lipinski definition) is 0. The molecule has 0 bridgehead atoms. The number of carbonyl (C=O) groups excluding carboxylic acids is 1. The van der Waals surface area contributed by atoms with E-state index in [0.29, 0.717) is 35.3 Å². The minimum Gasteiger partial charge on any atom is -0.462 e. The number of carbonyl (C=O) groups is 1. The van der Waals surface area contributed by atoms with Crippen LogP contribution in [0.3, 0.4) is 0 Å². The second kappa shape index (κ2) is 13.0. The molecule has 3 aromatic rings. The van der Waals surface area contributed by atoms with Gasteiger partial charge in [-0.1, -0.05) is 43.0 Å². The average molecular weight is 472 g/mol. The topological polar surface area (TPSA) is 74.2 Å². The van der Waals surface area contributed by atoms with Crippen molar-refractivity contribution >= 4 is 41.3 Å². The summed E-state index contributed by atoms with van der Waals surface area (Å²) in [5.41, 5.74) is 0. The molecule has 9 heteroatoms. The van der Waals surface area contributed by atoms with Gasteiger partial charge in [-0.3, -0.25) is 0 Å². The van der Waals surface area contributed by atoms with E-state index < -0.39 is 5.97 Å². The van der Waals surface area contributed by atoms with Gasteiger partial charge in [0.05, 0.1) is 0 Å². The number of hydrogen-bond acceptors (Lipinski definition) is 9. The summed E-state index contributed by atoms with van der Waals surface area (Å²) in [6.07, 6.45) is 1.16. The highest BCUT2D eigenvalue weighted by molar-refractivity contribution is 8.00. The quantitative estimate of drug-likeness (QED) is 0.206. The lowest BCUT2D eigenvalue weighted by atomic mass is 10.4. The van der Waals surface area contributed by atoms with Crippen LogP contribution in [0.15, 0.2) is 93.4 Å². The van der Waals surface area contributed by atoms with Gasteiger partial charge in [-0.15, -0.1) is 0 Å². The van der Waals surface area contributed by atoms with Gasteiger partial charge in [-0.05, 0) is 47.8 Å². The largest absolute Gasteiger partial charge is 0.462 e. The highest BCUT2D eigenvalue weighted by atomic mass is 32.2. The number of esters is 1. The zero-order valence-corrected chi connectivity index (χ0v) is 19.1. The van der Waals surface area contributed by atoms with E-state index in [2.05, 4.69) is 21.5 Å². The fourth-order valence-electron chi connectivity index (χ4n) is 2.22. The Morgan fingerprint density at radius 2 is 1.39 bits per heavy atom. The number of rotatable bonds is 12. The first-order valence-corrected chi connectivity index (χ1v) is 12.2. The van der Waals surface area contributed by atoms with Crippen molar-refractivity contribution in [2.75, 3.05) is 24.7 Å². The van der Waals surface area contributed by atoms with Crippen molar-refractivity contribution in [1.29, 1.82) is 0 Å². The maximum absolute atomic E-state index is 11.0. The number of thioether (sulfide) groups is 1. The van der Waals surface area contributed by atoms with Crippen molar-refractivity contribution in [3.05, 3.63) is 73.3 Å². The van der Waals surface area contributed by atoms with Crippen molar-refractivity contribution in [2.45, 2.75) is 20.1 Å².